The summed E-state index contributed by atoms with van der Waals surface area (Å²) in [6.07, 6.45) is 0. The number of nitrogen functional groups attached to an aromatic ring is 1. The molecule has 0 unspecified atom stereocenters. The molecule has 0 radical (unpaired) electrons. The second-order valence-corrected chi connectivity index (χ2v) is 8.89. The molecule has 0 aliphatic heterocycles. The number of aromatic nitrogens is 5. The van der Waals surface area contributed by atoms with Gasteiger partial charge in [0.2, 0.25) is 11.1 Å². The minimum absolute atomic E-state index is 0.106. The Morgan fingerprint density at radius 1 is 1.13 bits per heavy atom. The van der Waals surface area contributed by atoms with Crippen LogP contribution in [0.4, 0.5) is 5.69 Å². The first-order valence-corrected chi connectivity index (χ1v) is 11.0. The second-order valence-electron chi connectivity index (χ2n) is 7.95. The number of hydrogen-bond acceptors (Lipinski definition) is 6. The number of aryl methyl sites for hydroxylation is 2. The zero-order valence-corrected chi connectivity index (χ0v) is 19.1. The van der Waals surface area contributed by atoms with Crippen LogP contribution in [0, 0.1) is 13.8 Å². The lowest BCUT2D eigenvalue weighted by atomic mass is 9.92. The van der Waals surface area contributed by atoms with Gasteiger partial charge in [0, 0.05) is 11.4 Å². The summed E-state index contributed by atoms with van der Waals surface area (Å²) >= 11 is 1.24. The summed E-state index contributed by atoms with van der Waals surface area (Å²) in [5.74, 6) is 7.26. The van der Waals surface area contributed by atoms with E-state index in [1.54, 1.807) is 4.68 Å². The first kappa shape index (κ1) is 21.9. The number of anilines is 1. The SMILES string of the molecule is Cc1cc(C)n(-c2nnc(SCC(=O)Nc3c(C(C)C)cccc3C(C)C)n2N)n1. The Morgan fingerprint density at radius 2 is 1.77 bits per heavy atom. The molecule has 0 fully saturated rings. The fourth-order valence-corrected chi connectivity index (χ4v) is 4.00. The Labute approximate surface area is 181 Å². The Hall–Kier alpha value is -2.81. The second kappa shape index (κ2) is 8.91. The zero-order chi connectivity index (χ0) is 22.0. The largest absolute Gasteiger partial charge is 0.334 e. The standard InChI is InChI=1S/C21H29N7OS/c1-12(2)16-8-7-9-17(13(3)4)19(16)23-18(29)11-30-21-25-24-20(27(21)22)28-15(6)10-14(5)26-28/h7-10,12-13H,11,22H2,1-6H3,(H,23,29). The van der Waals surface area contributed by atoms with Gasteiger partial charge in [0.15, 0.2) is 0 Å². The van der Waals surface area contributed by atoms with Crippen molar-refractivity contribution in [1.82, 2.24) is 24.7 Å². The van der Waals surface area contributed by atoms with Crippen molar-refractivity contribution in [1.29, 1.82) is 0 Å². The summed E-state index contributed by atoms with van der Waals surface area (Å²) in [6, 6.07) is 8.12. The topological polar surface area (TPSA) is 104 Å². The predicted molar refractivity (Wildman–Crippen MR) is 121 cm³/mol. The van der Waals surface area contributed by atoms with Crippen molar-refractivity contribution in [2.45, 2.75) is 58.5 Å². The molecular formula is C21H29N7OS. The van der Waals surface area contributed by atoms with Crippen LogP contribution in [0.2, 0.25) is 0 Å². The highest BCUT2D eigenvalue weighted by Crippen LogP contribution is 2.32. The molecule has 30 heavy (non-hydrogen) atoms. The minimum Gasteiger partial charge on any atom is -0.334 e. The highest BCUT2D eigenvalue weighted by molar-refractivity contribution is 7.99. The Bertz CT molecular complexity index is 1030. The van der Waals surface area contributed by atoms with E-state index in [1.165, 1.54) is 16.4 Å². The van der Waals surface area contributed by atoms with Gasteiger partial charge in [-0.2, -0.15) is 5.10 Å². The van der Waals surface area contributed by atoms with Gasteiger partial charge in [0.25, 0.3) is 5.95 Å². The molecule has 3 rings (SSSR count). The quantitative estimate of drug-likeness (QED) is 0.439. The van der Waals surface area contributed by atoms with Crippen molar-refractivity contribution in [3.8, 4) is 5.95 Å². The van der Waals surface area contributed by atoms with E-state index in [4.69, 9.17) is 5.84 Å². The maximum Gasteiger partial charge on any atom is 0.271 e. The molecule has 0 spiro atoms. The molecule has 1 aromatic carbocycles. The van der Waals surface area contributed by atoms with E-state index < -0.39 is 0 Å². The summed E-state index contributed by atoms with van der Waals surface area (Å²) in [5, 5.41) is 16.2. The number of benzene rings is 1. The van der Waals surface area contributed by atoms with E-state index in [0.717, 1.165) is 28.2 Å². The number of carbonyl (C=O) groups excluding carboxylic acids is 1. The fourth-order valence-electron chi connectivity index (χ4n) is 3.34. The number of hydrogen-bond donors (Lipinski definition) is 2. The first-order chi connectivity index (χ1) is 14.2. The van der Waals surface area contributed by atoms with Crippen LogP contribution in [-0.2, 0) is 4.79 Å². The maximum atomic E-state index is 12.7. The molecule has 2 heterocycles. The van der Waals surface area contributed by atoms with Crippen molar-refractivity contribution in [2.75, 3.05) is 16.9 Å². The smallest absolute Gasteiger partial charge is 0.271 e. The van der Waals surface area contributed by atoms with Gasteiger partial charge in [0.1, 0.15) is 0 Å². The summed E-state index contributed by atoms with van der Waals surface area (Å²) in [7, 11) is 0. The molecule has 0 atom stereocenters. The van der Waals surface area contributed by atoms with Gasteiger partial charge in [0.05, 0.1) is 11.4 Å². The van der Waals surface area contributed by atoms with Crippen LogP contribution < -0.4 is 11.2 Å². The van der Waals surface area contributed by atoms with Crippen molar-refractivity contribution < 1.29 is 4.79 Å². The van der Waals surface area contributed by atoms with Gasteiger partial charge in [-0.05, 0) is 42.9 Å². The van der Waals surface area contributed by atoms with Crippen LogP contribution >= 0.6 is 11.8 Å². The molecule has 8 nitrogen and oxygen atoms in total. The molecule has 2 aromatic heterocycles. The molecule has 1 amide bonds. The lowest BCUT2D eigenvalue weighted by Gasteiger charge is -2.20. The van der Waals surface area contributed by atoms with Crippen LogP contribution in [0.5, 0.6) is 0 Å². The minimum atomic E-state index is -0.106. The molecule has 0 aliphatic carbocycles. The summed E-state index contributed by atoms with van der Waals surface area (Å²) in [4.78, 5) is 12.7. The van der Waals surface area contributed by atoms with Gasteiger partial charge < -0.3 is 11.2 Å². The van der Waals surface area contributed by atoms with E-state index in [1.807, 2.05) is 26.0 Å². The van der Waals surface area contributed by atoms with Crippen LogP contribution in [-0.4, -0.2) is 36.3 Å². The number of nitrogens with one attached hydrogen (secondary N) is 1. The lowest BCUT2D eigenvalue weighted by molar-refractivity contribution is -0.113. The van der Waals surface area contributed by atoms with Crippen LogP contribution in [0.15, 0.2) is 29.4 Å². The van der Waals surface area contributed by atoms with Crippen molar-refractivity contribution >= 4 is 23.4 Å². The predicted octanol–water partition coefficient (Wildman–Crippen LogP) is 3.77. The van der Waals surface area contributed by atoms with Gasteiger partial charge >= 0.3 is 0 Å². The molecular weight excluding hydrogens is 398 g/mol. The number of nitrogens with zero attached hydrogens (tertiary/aromatic N) is 5. The van der Waals surface area contributed by atoms with E-state index in [9.17, 15) is 4.79 Å². The van der Waals surface area contributed by atoms with Gasteiger partial charge in [-0.3, -0.25) is 4.79 Å². The number of thioether (sulfide) groups is 1. The number of amides is 1. The third kappa shape index (κ3) is 4.51. The molecule has 9 heteroatoms. The van der Waals surface area contributed by atoms with Crippen LogP contribution in [0.3, 0.4) is 0 Å². The van der Waals surface area contributed by atoms with Crippen molar-refractivity contribution in [3.63, 3.8) is 0 Å². The van der Waals surface area contributed by atoms with Crippen molar-refractivity contribution in [2.24, 2.45) is 0 Å². The Morgan fingerprint density at radius 3 is 2.30 bits per heavy atom. The molecule has 0 saturated heterocycles. The van der Waals surface area contributed by atoms with Crippen molar-refractivity contribution in [3.05, 3.63) is 46.8 Å². The normalized spacial score (nSPS) is 11.5. The Balaban J connectivity index is 1.74. The maximum absolute atomic E-state index is 12.7. The highest BCUT2D eigenvalue weighted by Gasteiger charge is 2.18. The zero-order valence-electron chi connectivity index (χ0n) is 18.3. The van der Waals surface area contributed by atoms with Crippen LogP contribution in [0.1, 0.15) is 62.0 Å². The Kier molecular flexibility index (Phi) is 6.50. The summed E-state index contributed by atoms with van der Waals surface area (Å²) in [5.41, 5.74) is 4.95. The molecule has 3 aromatic rings. The number of para-hydroxylation sites is 1. The molecule has 3 N–H and O–H groups in total. The van der Waals surface area contributed by atoms with Gasteiger partial charge in [-0.15, -0.1) is 10.2 Å². The van der Waals surface area contributed by atoms with E-state index >= 15 is 0 Å². The van der Waals surface area contributed by atoms with E-state index in [2.05, 4.69) is 60.4 Å². The average Bonchev–Trinajstić information content (AvgIpc) is 3.20. The number of nitrogens with two attached hydrogens (primary N) is 1. The van der Waals surface area contributed by atoms with Crippen LogP contribution in [0.25, 0.3) is 5.95 Å². The molecule has 0 bridgehead atoms. The number of carbonyl (C=O) groups is 1. The van der Waals surface area contributed by atoms with E-state index in [0.29, 0.717) is 22.9 Å². The first-order valence-electron chi connectivity index (χ1n) is 9.98. The average molecular weight is 428 g/mol. The summed E-state index contributed by atoms with van der Waals surface area (Å²) in [6.45, 7) is 12.3. The summed E-state index contributed by atoms with van der Waals surface area (Å²) < 4.78 is 3.00. The number of rotatable bonds is 7. The molecule has 0 saturated carbocycles. The third-order valence-corrected chi connectivity index (χ3v) is 5.76. The molecule has 0 aliphatic rings. The lowest BCUT2D eigenvalue weighted by Crippen LogP contribution is -2.20. The fraction of sp³-hybridized carbons (Fsp3) is 0.429. The monoisotopic (exact) mass is 427 g/mol. The molecule has 160 valence electrons. The third-order valence-electron chi connectivity index (χ3n) is 4.82. The highest BCUT2D eigenvalue weighted by atomic mass is 32.2. The van der Waals surface area contributed by atoms with E-state index in [-0.39, 0.29) is 11.7 Å². The van der Waals surface area contributed by atoms with Gasteiger partial charge in [-0.25, -0.2) is 9.36 Å². The van der Waals surface area contributed by atoms with Gasteiger partial charge in [-0.1, -0.05) is 57.7 Å².